The lowest BCUT2D eigenvalue weighted by Gasteiger charge is -2.10. The molecule has 3 nitrogen and oxygen atoms in total. The fourth-order valence-electron chi connectivity index (χ4n) is 2.02. The number of ketones is 1. The molecule has 3 heteroatoms. The molecule has 94 valence electrons. The third-order valence-corrected chi connectivity index (χ3v) is 3.30. The van der Waals surface area contributed by atoms with Crippen molar-refractivity contribution in [3.8, 4) is 0 Å². The monoisotopic (exact) mass is 242 g/mol. The highest BCUT2D eigenvalue weighted by molar-refractivity contribution is 5.85. The number of Topliss-reactive ketones (excluding diaryl/α,β-unsaturated/α-hetero) is 1. The van der Waals surface area contributed by atoms with Gasteiger partial charge in [-0.1, -0.05) is 37.3 Å². The van der Waals surface area contributed by atoms with Crippen molar-refractivity contribution in [1.29, 1.82) is 0 Å². The van der Waals surface area contributed by atoms with Crippen molar-refractivity contribution in [2.24, 2.45) is 7.05 Å². The zero-order valence-corrected chi connectivity index (χ0v) is 10.8. The predicted molar refractivity (Wildman–Crippen MR) is 71.4 cm³/mol. The summed E-state index contributed by atoms with van der Waals surface area (Å²) in [4.78, 5) is 16.3. The number of carbonyl (C=O) groups is 1. The van der Waals surface area contributed by atoms with Crippen LogP contribution in [-0.4, -0.2) is 15.3 Å². The number of hydrogen-bond acceptors (Lipinski definition) is 2. The first-order valence-corrected chi connectivity index (χ1v) is 6.22. The van der Waals surface area contributed by atoms with Gasteiger partial charge in [-0.3, -0.25) is 4.79 Å². The molecule has 0 N–H and O–H groups in total. The molecule has 0 spiro atoms. The molecule has 1 heterocycles. The van der Waals surface area contributed by atoms with Crippen LogP contribution in [0.25, 0.3) is 0 Å². The summed E-state index contributed by atoms with van der Waals surface area (Å²) in [6, 6.07) is 9.91. The van der Waals surface area contributed by atoms with E-state index in [2.05, 4.69) is 4.98 Å². The Hall–Kier alpha value is -1.90. The van der Waals surface area contributed by atoms with Gasteiger partial charge in [-0.25, -0.2) is 4.98 Å². The Morgan fingerprint density at radius 2 is 2.06 bits per heavy atom. The summed E-state index contributed by atoms with van der Waals surface area (Å²) in [5.41, 5.74) is 1.09. The van der Waals surface area contributed by atoms with Crippen molar-refractivity contribution < 1.29 is 4.79 Å². The van der Waals surface area contributed by atoms with Crippen LogP contribution in [0.5, 0.6) is 0 Å². The number of hydrogen-bond donors (Lipinski definition) is 0. The maximum atomic E-state index is 12.1. The van der Waals surface area contributed by atoms with Crippen molar-refractivity contribution >= 4 is 5.78 Å². The minimum atomic E-state index is -0.0357. The molecule has 0 saturated carbocycles. The minimum absolute atomic E-state index is 0.0357. The molecule has 2 aromatic rings. The number of rotatable bonds is 5. The molecule has 0 radical (unpaired) electrons. The smallest absolute Gasteiger partial charge is 0.140 e. The highest BCUT2D eigenvalue weighted by Crippen LogP contribution is 2.18. The molecule has 1 unspecified atom stereocenters. The Kier molecular flexibility index (Phi) is 3.92. The molecule has 0 aliphatic carbocycles. The molecular formula is C15H18N2O. The van der Waals surface area contributed by atoms with Gasteiger partial charge >= 0.3 is 0 Å². The molecule has 1 atom stereocenters. The minimum Gasteiger partial charge on any atom is -0.338 e. The van der Waals surface area contributed by atoms with E-state index in [-0.39, 0.29) is 11.7 Å². The molecule has 1 aromatic heterocycles. The Labute approximate surface area is 107 Å². The Morgan fingerprint density at radius 1 is 1.33 bits per heavy atom. The maximum Gasteiger partial charge on any atom is 0.140 e. The van der Waals surface area contributed by atoms with Crippen LogP contribution in [0.4, 0.5) is 0 Å². The summed E-state index contributed by atoms with van der Waals surface area (Å²) in [5.74, 6) is 1.19. The lowest BCUT2D eigenvalue weighted by Crippen LogP contribution is -2.11. The second-order valence-electron chi connectivity index (χ2n) is 4.55. The van der Waals surface area contributed by atoms with E-state index in [1.165, 1.54) is 0 Å². The number of imidazole rings is 1. The molecule has 0 saturated heterocycles. The van der Waals surface area contributed by atoms with E-state index in [4.69, 9.17) is 0 Å². The van der Waals surface area contributed by atoms with E-state index in [0.29, 0.717) is 12.8 Å². The molecule has 0 bridgehead atoms. The van der Waals surface area contributed by atoms with Crippen molar-refractivity contribution in [1.82, 2.24) is 9.55 Å². The van der Waals surface area contributed by atoms with Crippen LogP contribution in [0.15, 0.2) is 42.7 Å². The van der Waals surface area contributed by atoms with Crippen molar-refractivity contribution in [3.63, 3.8) is 0 Å². The molecule has 2 rings (SSSR count). The first-order chi connectivity index (χ1) is 8.68. The van der Waals surface area contributed by atoms with Crippen LogP contribution in [-0.2, 0) is 18.3 Å². The van der Waals surface area contributed by atoms with Crippen LogP contribution in [0.1, 0.15) is 30.7 Å². The van der Waals surface area contributed by atoms with Gasteiger partial charge in [0.25, 0.3) is 0 Å². The van der Waals surface area contributed by atoms with E-state index < -0.39 is 0 Å². The van der Waals surface area contributed by atoms with Gasteiger partial charge in [0.2, 0.25) is 0 Å². The van der Waals surface area contributed by atoms with Crippen LogP contribution in [0, 0.1) is 0 Å². The van der Waals surface area contributed by atoms with Crippen LogP contribution >= 0.6 is 0 Å². The number of aromatic nitrogens is 2. The van der Waals surface area contributed by atoms with E-state index in [0.717, 1.165) is 11.4 Å². The lowest BCUT2D eigenvalue weighted by atomic mass is 9.94. The average Bonchev–Trinajstić information content (AvgIpc) is 2.81. The third-order valence-electron chi connectivity index (χ3n) is 3.30. The van der Waals surface area contributed by atoms with E-state index >= 15 is 0 Å². The summed E-state index contributed by atoms with van der Waals surface area (Å²) in [5, 5.41) is 0. The number of aryl methyl sites for hydroxylation is 2. The average molecular weight is 242 g/mol. The van der Waals surface area contributed by atoms with Gasteiger partial charge in [0.05, 0.1) is 0 Å². The predicted octanol–water partition coefficient (Wildman–Crippen LogP) is 2.73. The lowest BCUT2D eigenvalue weighted by molar-refractivity contribution is -0.120. The standard InChI is InChI=1S/C15H18N2O/c1-12(13-6-4-3-5-7-13)14(18)8-9-15-16-10-11-17(15)2/h3-7,10-12H,8-9H2,1-2H3. The van der Waals surface area contributed by atoms with Crippen LogP contribution in [0.2, 0.25) is 0 Å². The summed E-state index contributed by atoms with van der Waals surface area (Å²) < 4.78 is 1.96. The Balaban J connectivity index is 1.95. The van der Waals surface area contributed by atoms with E-state index in [1.54, 1.807) is 6.20 Å². The zero-order chi connectivity index (χ0) is 13.0. The highest BCUT2D eigenvalue weighted by atomic mass is 16.1. The first-order valence-electron chi connectivity index (χ1n) is 6.22. The molecule has 0 aliphatic heterocycles. The van der Waals surface area contributed by atoms with E-state index in [9.17, 15) is 4.79 Å². The van der Waals surface area contributed by atoms with E-state index in [1.807, 2.05) is 55.1 Å². The number of carbonyl (C=O) groups excluding carboxylic acids is 1. The molecule has 1 aromatic carbocycles. The maximum absolute atomic E-state index is 12.1. The summed E-state index contributed by atoms with van der Waals surface area (Å²) >= 11 is 0. The largest absolute Gasteiger partial charge is 0.338 e. The summed E-state index contributed by atoms with van der Waals surface area (Å²) in [7, 11) is 1.95. The second kappa shape index (κ2) is 5.63. The second-order valence-corrected chi connectivity index (χ2v) is 4.55. The first kappa shape index (κ1) is 12.6. The Morgan fingerprint density at radius 3 is 2.67 bits per heavy atom. The zero-order valence-electron chi connectivity index (χ0n) is 10.8. The number of nitrogens with zero attached hydrogens (tertiary/aromatic N) is 2. The van der Waals surface area contributed by atoms with Gasteiger partial charge in [-0.2, -0.15) is 0 Å². The van der Waals surface area contributed by atoms with Gasteiger partial charge in [0.15, 0.2) is 0 Å². The normalized spacial score (nSPS) is 12.3. The number of benzene rings is 1. The van der Waals surface area contributed by atoms with Gasteiger partial charge < -0.3 is 4.57 Å². The quantitative estimate of drug-likeness (QED) is 0.808. The van der Waals surface area contributed by atoms with Gasteiger partial charge in [-0.15, -0.1) is 0 Å². The van der Waals surface area contributed by atoms with Gasteiger partial charge in [-0.05, 0) is 5.56 Å². The molecule has 18 heavy (non-hydrogen) atoms. The van der Waals surface area contributed by atoms with Gasteiger partial charge in [0, 0.05) is 38.2 Å². The SMILES string of the molecule is CC(C(=O)CCc1nccn1C)c1ccccc1. The highest BCUT2D eigenvalue weighted by Gasteiger charge is 2.15. The van der Waals surface area contributed by atoms with Crippen molar-refractivity contribution in [2.75, 3.05) is 0 Å². The van der Waals surface area contributed by atoms with Crippen molar-refractivity contribution in [2.45, 2.75) is 25.7 Å². The fraction of sp³-hybridized carbons (Fsp3) is 0.333. The third kappa shape index (κ3) is 2.86. The Bertz CT molecular complexity index is 516. The van der Waals surface area contributed by atoms with Gasteiger partial charge in [0.1, 0.15) is 11.6 Å². The van der Waals surface area contributed by atoms with Crippen LogP contribution in [0.3, 0.4) is 0 Å². The van der Waals surface area contributed by atoms with Crippen LogP contribution < -0.4 is 0 Å². The fourth-order valence-corrected chi connectivity index (χ4v) is 2.02. The topological polar surface area (TPSA) is 34.9 Å². The van der Waals surface area contributed by atoms with Crippen molar-refractivity contribution in [3.05, 3.63) is 54.1 Å². The molecule has 0 aliphatic rings. The molecule has 0 fully saturated rings. The molecular weight excluding hydrogens is 224 g/mol. The summed E-state index contributed by atoms with van der Waals surface area (Å²) in [6.45, 7) is 1.97. The summed E-state index contributed by atoms with van der Waals surface area (Å²) in [6.07, 6.45) is 4.92. The molecule has 0 amide bonds.